The van der Waals surface area contributed by atoms with Gasteiger partial charge in [0.25, 0.3) is 0 Å². The summed E-state index contributed by atoms with van der Waals surface area (Å²) in [5, 5.41) is 0. The third kappa shape index (κ3) is 2.00. The molecule has 0 unspecified atom stereocenters. The van der Waals surface area contributed by atoms with Crippen molar-refractivity contribution in [3.8, 4) is 0 Å². The fraction of sp³-hybridized carbons (Fsp3) is 0.143. The molecule has 3 nitrogen and oxygen atoms in total. The first-order valence-electron chi connectivity index (χ1n) is 3.07. The van der Waals surface area contributed by atoms with E-state index in [9.17, 15) is 9.18 Å². The predicted molar refractivity (Wildman–Crippen MR) is 37.1 cm³/mol. The lowest BCUT2D eigenvalue weighted by Gasteiger charge is -1.96. The number of carbonyl (C=O) groups is 1. The number of aromatic nitrogens is 1. The molecule has 11 heavy (non-hydrogen) atoms. The number of carbonyl (C=O) groups excluding carboxylic acids is 1. The van der Waals surface area contributed by atoms with Gasteiger partial charge in [-0.1, -0.05) is 0 Å². The third-order valence-electron chi connectivity index (χ3n) is 1.22. The van der Waals surface area contributed by atoms with Crippen LogP contribution in [0.25, 0.3) is 0 Å². The number of pyridine rings is 1. The van der Waals surface area contributed by atoms with Crippen molar-refractivity contribution in [1.82, 2.24) is 4.98 Å². The van der Waals surface area contributed by atoms with E-state index in [2.05, 4.69) is 4.98 Å². The molecule has 1 aromatic rings. The minimum Gasteiger partial charge on any atom is -0.369 e. The molecular weight excluding hydrogens is 147 g/mol. The lowest BCUT2D eigenvalue weighted by atomic mass is 10.2. The third-order valence-corrected chi connectivity index (χ3v) is 1.22. The summed E-state index contributed by atoms with van der Waals surface area (Å²) in [6, 6.07) is 1.43. The predicted octanol–water partition coefficient (Wildman–Crippen LogP) is 0.248. The van der Waals surface area contributed by atoms with Gasteiger partial charge in [-0.2, -0.15) is 0 Å². The van der Waals surface area contributed by atoms with Gasteiger partial charge >= 0.3 is 0 Å². The van der Waals surface area contributed by atoms with Gasteiger partial charge in [-0.3, -0.25) is 9.78 Å². The summed E-state index contributed by atoms with van der Waals surface area (Å²) in [6.07, 6.45) is 2.40. The molecule has 0 aromatic carbocycles. The van der Waals surface area contributed by atoms with Crippen LogP contribution in [0.15, 0.2) is 18.5 Å². The summed E-state index contributed by atoms with van der Waals surface area (Å²) >= 11 is 0. The van der Waals surface area contributed by atoms with Crippen LogP contribution >= 0.6 is 0 Å². The van der Waals surface area contributed by atoms with Crippen LogP contribution in [-0.2, 0) is 11.2 Å². The van der Waals surface area contributed by atoms with Crippen molar-refractivity contribution in [2.45, 2.75) is 6.42 Å². The Labute approximate surface area is 63.0 Å². The topological polar surface area (TPSA) is 56.0 Å². The van der Waals surface area contributed by atoms with Gasteiger partial charge in [0.2, 0.25) is 5.91 Å². The molecule has 0 fully saturated rings. The van der Waals surface area contributed by atoms with E-state index in [0.29, 0.717) is 0 Å². The molecule has 0 aliphatic rings. The van der Waals surface area contributed by atoms with Gasteiger partial charge < -0.3 is 5.73 Å². The maximum atomic E-state index is 12.7. The fourth-order valence-electron chi connectivity index (χ4n) is 0.735. The second kappa shape index (κ2) is 3.09. The number of nitrogens with two attached hydrogens (primary N) is 1. The number of halogens is 1. The summed E-state index contributed by atoms with van der Waals surface area (Å²) in [5.74, 6) is -1.04. The molecule has 1 heterocycles. The van der Waals surface area contributed by atoms with E-state index in [1.54, 1.807) is 0 Å². The van der Waals surface area contributed by atoms with Crippen molar-refractivity contribution in [1.29, 1.82) is 0 Å². The Morgan fingerprint density at radius 2 is 2.45 bits per heavy atom. The van der Waals surface area contributed by atoms with Gasteiger partial charge in [0.15, 0.2) is 0 Å². The highest BCUT2D eigenvalue weighted by Gasteiger charge is 2.03. The lowest BCUT2D eigenvalue weighted by Crippen LogP contribution is -2.14. The highest BCUT2D eigenvalue weighted by atomic mass is 19.1. The Kier molecular flexibility index (Phi) is 2.15. The summed E-state index contributed by atoms with van der Waals surface area (Å²) in [7, 11) is 0. The number of hydrogen-bond acceptors (Lipinski definition) is 2. The second-order valence-corrected chi connectivity index (χ2v) is 2.11. The molecule has 1 rings (SSSR count). The quantitative estimate of drug-likeness (QED) is 0.663. The fourth-order valence-corrected chi connectivity index (χ4v) is 0.735. The Morgan fingerprint density at radius 3 is 3.00 bits per heavy atom. The first-order valence-corrected chi connectivity index (χ1v) is 3.07. The van der Waals surface area contributed by atoms with Crippen LogP contribution in [0.2, 0.25) is 0 Å². The zero-order chi connectivity index (χ0) is 8.27. The highest BCUT2D eigenvalue weighted by Crippen LogP contribution is 2.03. The smallest absolute Gasteiger partial charge is 0.221 e. The molecule has 58 valence electrons. The first kappa shape index (κ1) is 7.65. The van der Waals surface area contributed by atoms with Gasteiger partial charge in [0.05, 0.1) is 12.6 Å². The Hall–Kier alpha value is -1.45. The minimum atomic E-state index is -0.546. The van der Waals surface area contributed by atoms with E-state index >= 15 is 0 Å². The van der Waals surface area contributed by atoms with Crippen LogP contribution in [0.5, 0.6) is 0 Å². The average Bonchev–Trinajstić information content (AvgIpc) is 1.93. The van der Waals surface area contributed by atoms with Gasteiger partial charge in [-0.15, -0.1) is 0 Å². The Bertz CT molecular complexity index is 275. The molecule has 0 saturated heterocycles. The number of rotatable bonds is 2. The first-order chi connectivity index (χ1) is 5.20. The summed E-state index contributed by atoms with van der Waals surface area (Å²) in [4.78, 5) is 13.9. The average molecular weight is 154 g/mol. The number of amides is 1. The van der Waals surface area contributed by atoms with Gasteiger partial charge in [0, 0.05) is 11.8 Å². The second-order valence-electron chi connectivity index (χ2n) is 2.11. The van der Waals surface area contributed by atoms with E-state index in [4.69, 9.17) is 5.73 Å². The molecule has 0 bridgehead atoms. The van der Waals surface area contributed by atoms with E-state index in [0.717, 1.165) is 6.20 Å². The van der Waals surface area contributed by atoms with Crippen LogP contribution in [0.3, 0.4) is 0 Å². The normalized spacial score (nSPS) is 9.55. The molecule has 1 aromatic heterocycles. The van der Waals surface area contributed by atoms with Crippen LogP contribution < -0.4 is 5.73 Å². The van der Waals surface area contributed by atoms with Crippen molar-refractivity contribution in [3.63, 3.8) is 0 Å². The van der Waals surface area contributed by atoms with Crippen molar-refractivity contribution in [2.75, 3.05) is 0 Å². The largest absolute Gasteiger partial charge is 0.369 e. The Morgan fingerprint density at radius 1 is 1.73 bits per heavy atom. The van der Waals surface area contributed by atoms with Crippen molar-refractivity contribution >= 4 is 5.91 Å². The zero-order valence-electron chi connectivity index (χ0n) is 5.75. The molecular formula is C7H7FN2O. The number of hydrogen-bond donors (Lipinski definition) is 1. The minimum absolute atomic E-state index is 0.0750. The zero-order valence-corrected chi connectivity index (χ0v) is 5.75. The van der Waals surface area contributed by atoms with E-state index < -0.39 is 11.7 Å². The van der Waals surface area contributed by atoms with E-state index in [-0.39, 0.29) is 12.0 Å². The molecule has 0 spiro atoms. The SMILES string of the molecule is NC(=O)Cc1ccncc1F. The molecule has 0 aliphatic carbocycles. The number of primary amides is 1. The number of nitrogens with zero attached hydrogens (tertiary/aromatic N) is 1. The van der Waals surface area contributed by atoms with Crippen molar-refractivity contribution in [2.24, 2.45) is 5.73 Å². The van der Waals surface area contributed by atoms with Crippen molar-refractivity contribution < 1.29 is 9.18 Å². The van der Waals surface area contributed by atoms with Crippen LogP contribution in [0.1, 0.15) is 5.56 Å². The molecule has 4 heteroatoms. The molecule has 0 aliphatic heterocycles. The van der Waals surface area contributed by atoms with Gasteiger partial charge in [-0.05, 0) is 6.07 Å². The maximum absolute atomic E-state index is 12.7. The van der Waals surface area contributed by atoms with E-state index in [1.807, 2.05) is 0 Å². The summed E-state index contributed by atoms with van der Waals surface area (Å²) < 4.78 is 12.7. The molecule has 0 atom stereocenters. The summed E-state index contributed by atoms with van der Waals surface area (Å²) in [5.41, 5.74) is 5.15. The lowest BCUT2D eigenvalue weighted by molar-refractivity contribution is -0.117. The maximum Gasteiger partial charge on any atom is 0.221 e. The van der Waals surface area contributed by atoms with Crippen LogP contribution in [0.4, 0.5) is 4.39 Å². The standard InChI is InChI=1S/C7H7FN2O/c8-6-4-10-2-1-5(6)3-7(9)11/h1-2,4H,3H2,(H2,9,11). The van der Waals surface area contributed by atoms with Crippen LogP contribution in [0, 0.1) is 5.82 Å². The molecule has 2 N–H and O–H groups in total. The molecule has 1 amide bonds. The van der Waals surface area contributed by atoms with Crippen molar-refractivity contribution in [3.05, 3.63) is 29.8 Å². The highest BCUT2D eigenvalue weighted by molar-refractivity contribution is 5.76. The summed E-state index contributed by atoms with van der Waals surface area (Å²) in [6.45, 7) is 0. The Balaban J connectivity index is 2.86. The van der Waals surface area contributed by atoms with Crippen LogP contribution in [-0.4, -0.2) is 10.9 Å². The van der Waals surface area contributed by atoms with Gasteiger partial charge in [-0.25, -0.2) is 4.39 Å². The molecule has 0 radical (unpaired) electrons. The molecule has 0 saturated carbocycles. The monoisotopic (exact) mass is 154 g/mol. The van der Waals surface area contributed by atoms with Gasteiger partial charge in [0.1, 0.15) is 5.82 Å². The van der Waals surface area contributed by atoms with E-state index in [1.165, 1.54) is 12.3 Å².